The maximum Gasteiger partial charge on any atom is 0.225 e. The molecule has 3 fully saturated rings. The number of hydrogen-bond donors (Lipinski definition) is 0. The second-order valence-corrected chi connectivity index (χ2v) is 8.95. The van der Waals surface area contributed by atoms with Gasteiger partial charge in [-0.05, 0) is 49.0 Å². The van der Waals surface area contributed by atoms with Crippen LogP contribution in [0, 0.1) is 17.3 Å². The maximum absolute atomic E-state index is 12.7. The quantitative estimate of drug-likeness (QED) is 0.792. The van der Waals surface area contributed by atoms with E-state index in [-0.39, 0.29) is 11.3 Å². The zero-order valence-electron chi connectivity index (χ0n) is 16.5. The lowest BCUT2D eigenvalue weighted by atomic mass is 9.72. The highest BCUT2D eigenvalue weighted by atomic mass is 16.2. The van der Waals surface area contributed by atoms with Crippen LogP contribution in [0.3, 0.4) is 0 Å². The van der Waals surface area contributed by atoms with Gasteiger partial charge in [-0.1, -0.05) is 43.7 Å². The Labute approximate surface area is 162 Å². The molecule has 4 rings (SSSR count). The van der Waals surface area contributed by atoms with Gasteiger partial charge in [-0.15, -0.1) is 0 Å². The lowest BCUT2D eigenvalue weighted by molar-refractivity contribution is -0.143. The number of hydrogen-bond acceptors (Lipinski definition) is 2. The van der Waals surface area contributed by atoms with E-state index in [9.17, 15) is 9.59 Å². The van der Waals surface area contributed by atoms with Crippen LogP contribution in [0.15, 0.2) is 30.3 Å². The molecule has 27 heavy (non-hydrogen) atoms. The molecule has 1 aromatic carbocycles. The van der Waals surface area contributed by atoms with Gasteiger partial charge in [-0.2, -0.15) is 0 Å². The molecule has 1 spiro atoms. The molecule has 0 unspecified atom stereocenters. The summed E-state index contributed by atoms with van der Waals surface area (Å²) in [6.07, 6.45) is 7.22. The van der Waals surface area contributed by atoms with Crippen molar-refractivity contribution in [2.75, 3.05) is 19.6 Å². The minimum Gasteiger partial charge on any atom is -0.342 e. The minimum absolute atomic E-state index is 0.214. The molecule has 0 radical (unpaired) electrons. The number of nitrogens with zero attached hydrogens (tertiary/aromatic N) is 2. The highest BCUT2D eigenvalue weighted by molar-refractivity contribution is 5.82. The van der Waals surface area contributed by atoms with Crippen molar-refractivity contribution in [3.63, 3.8) is 0 Å². The molecule has 4 nitrogen and oxygen atoms in total. The van der Waals surface area contributed by atoms with Gasteiger partial charge >= 0.3 is 0 Å². The molecule has 0 bridgehead atoms. The Morgan fingerprint density at radius 2 is 1.89 bits per heavy atom. The summed E-state index contributed by atoms with van der Waals surface area (Å²) in [5, 5.41) is 0. The van der Waals surface area contributed by atoms with E-state index in [2.05, 4.69) is 28.9 Å². The molecule has 2 heterocycles. The summed E-state index contributed by atoms with van der Waals surface area (Å²) in [6.45, 7) is 5.52. The smallest absolute Gasteiger partial charge is 0.225 e. The Morgan fingerprint density at radius 3 is 2.59 bits per heavy atom. The first kappa shape index (κ1) is 18.5. The van der Waals surface area contributed by atoms with E-state index < -0.39 is 0 Å². The number of piperidine rings is 2. The molecular weight excluding hydrogens is 336 g/mol. The van der Waals surface area contributed by atoms with Crippen molar-refractivity contribution in [3.05, 3.63) is 35.9 Å². The van der Waals surface area contributed by atoms with Gasteiger partial charge in [0.25, 0.3) is 0 Å². The molecule has 146 valence electrons. The van der Waals surface area contributed by atoms with Crippen LogP contribution in [-0.2, 0) is 16.1 Å². The molecule has 4 heteroatoms. The second-order valence-electron chi connectivity index (χ2n) is 8.95. The number of likely N-dealkylation sites (tertiary alicyclic amines) is 2. The molecule has 0 aromatic heterocycles. The SMILES string of the molecule is CCC[C@@H]1C[C@@H]1C(=O)N1CCC2(CCC(=O)N(Cc3ccccc3)C2)CC1. The summed E-state index contributed by atoms with van der Waals surface area (Å²) >= 11 is 0. The van der Waals surface area contributed by atoms with Gasteiger partial charge in [0, 0.05) is 38.5 Å². The van der Waals surface area contributed by atoms with Gasteiger partial charge in [0.05, 0.1) is 0 Å². The van der Waals surface area contributed by atoms with Gasteiger partial charge in [0.2, 0.25) is 11.8 Å². The summed E-state index contributed by atoms with van der Waals surface area (Å²) in [4.78, 5) is 29.4. The van der Waals surface area contributed by atoms with Crippen LogP contribution in [0.4, 0.5) is 0 Å². The first-order chi connectivity index (χ1) is 13.1. The first-order valence-electron chi connectivity index (χ1n) is 10.7. The zero-order chi connectivity index (χ0) is 18.9. The molecule has 1 aromatic rings. The highest BCUT2D eigenvalue weighted by Gasteiger charge is 2.47. The lowest BCUT2D eigenvalue weighted by Crippen LogP contribution is -2.52. The summed E-state index contributed by atoms with van der Waals surface area (Å²) in [5.74, 6) is 1.63. The van der Waals surface area contributed by atoms with Crippen LogP contribution in [-0.4, -0.2) is 41.2 Å². The average molecular weight is 369 g/mol. The van der Waals surface area contributed by atoms with E-state index in [0.717, 1.165) is 45.3 Å². The zero-order valence-corrected chi connectivity index (χ0v) is 16.5. The predicted octanol–water partition coefficient (Wildman–Crippen LogP) is 3.85. The number of rotatable bonds is 5. The average Bonchev–Trinajstić information content (AvgIpc) is 3.45. The third kappa shape index (κ3) is 4.04. The van der Waals surface area contributed by atoms with Crippen LogP contribution >= 0.6 is 0 Å². The first-order valence-corrected chi connectivity index (χ1v) is 10.7. The normalized spacial score (nSPS) is 27.1. The van der Waals surface area contributed by atoms with Crippen molar-refractivity contribution in [1.82, 2.24) is 9.80 Å². The van der Waals surface area contributed by atoms with Crippen molar-refractivity contribution < 1.29 is 9.59 Å². The summed E-state index contributed by atoms with van der Waals surface area (Å²) in [7, 11) is 0. The molecule has 2 aliphatic heterocycles. The molecule has 2 saturated heterocycles. The highest BCUT2D eigenvalue weighted by Crippen LogP contribution is 2.45. The van der Waals surface area contributed by atoms with Crippen molar-refractivity contribution in [2.24, 2.45) is 17.3 Å². The number of benzene rings is 1. The van der Waals surface area contributed by atoms with E-state index >= 15 is 0 Å². The fourth-order valence-corrected chi connectivity index (χ4v) is 5.13. The van der Waals surface area contributed by atoms with Crippen molar-refractivity contribution in [2.45, 2.75) is 58.4 Å². The van der Waals surface area contributed by atoms with Gasteiger partial charge in [-0.25, -0.2) is 0 Å². The molecule has 1 aliphatic carbocycles. The molecular formula is C23H32N2O2. The molecule has 1 saturated carbocycles. The van der Waals surface area contributed by atoms with Crippen molar-refractivity contribution >= 4 is 11.8 Å². The molecule has 0 N–H and O–H groups in total. The lowest BCUT2D eigenvalue weighted by Gasteiger charge is -2.47. The van der Waals surface area contributed by atoms with E-state index in [1.165, 1.54) is 18.4 Å². The standard InChI is InChI=1S/C23H32N2O2/c1-2-6-19-15-20(19)22(27)24-13-11-23(12-14-24)10-9-21(26)25(17-23)16-18-7-4-3-5-8-18/h3-5,7-8,19-20H,2,6,9-17H2,1H3/t19-,20+/m1/s1. The Kier molecular flexibility index (Phi) is 5.25. The minimum atomic E-state index is 0.214. The van der Waals surface area contributed by atoms with E-state index in [1.54, 1.807) is 0 Å². The monoisotopic (exact) mass is 368 g/mol. The summed E-state index contributed by atoms with van der Waals surface area (Å²) in [6, 6.07) is 10.3. The van der Waals surface area contributed by atoms with E-state index in [0.29, 0.717) is 30.7 Å². The van der Waals surface area contributed by atoms with E-state index in [1.807, 2.05) is 18.2 Å². The Balaban J connectivity index is 1.33. The van der Waals surface area contributed by atoms with Crippen LogP contribution in [0.1, 0.15) is 57.4 Å². The Bertz CT molecular complexity index is 679. The number of amides is 2. The fraction of sp³-hybridized carbons (Fsp3) is 0.652. The summed E-state index contributed by atoms with van der Waals surface area (Å²) < 4.78 is 0. The van der Waals surface area contributed by atoms with Gasteiger partial charge in [0.15, 0.2) is 0 Å². The fourth-order valence-electron chi connectivity index (χ4n) is 5.13. The summed E-state index contributed by atoms with van der Waals surface area (Å²) in [5.41, 5.74) is 1.41. The van der Waals surface area contributed by atoms with Crippen LogP contribution in [0.25, 0.3) is 0 Å². The Hall–Kier alpha value is -1.84. The largest absolute Gasteiger partial charge is 0.342 e. The maximum atomic E-state index is 12.7. The van der Waals surface area contributed by atoms with E-state index in [4.69, 9.17) is 0 Å². The van der Waals surface area contributed by atoms with Crippen molar-refractivity contribution in [3.8, 4) is 0 Å². The topological polar surface area (TPSA) is 40.6 Å². The second kappa shape index (κ2) is 7.65. The van der Waals surface area contributed by atoms with Crippen molar-refractivity contribution in [1.29, 1.82) is 0 Å². The molecule has 2 amide bonds. The van der Waals surface area contributed by atoms with Crippen LogP contribution in [0.5, 0.6) is 0 Å². The van der Waals surface area contributed by atoms with Crippen LogP contribution in [0.2, 0.25) is 0 Å². The predicted molar refractivity (Wildman–Crippen MR) is 106 cm³/mol. The molecule has 2 atom stereocenters. The Morgan fingerprint density at radius 1 is 1.15 bits per heavy atom. The van der Waals surface area contributed by atoms with Gasteiger partial charge in [0.1, 0.15) is 0 Å². The van der Waals surface area contributed by atoms with Gasteiger partial charge < -0.3 is 9.80 Å². The third-order valence-electron chi connectivity index (χ3n) is 7.00. The third-order valence-corrected chi connectivity index (χ3v) is 7.00. The molecule has 3 aliphatic rings. The van der Waals surface area contributed by atoms with Crippen LogP contribution < -0.4 is 0 Å². The number of carbonyl (C=O) groups excluding carboxylic acids is 2. The van der Waals surface area contributed by atoms with Gasteiger partial charge in [-0.3, -0.25) is 9.59 Å². The number of carbonyl (C=O) groups is 2.